The number of aromatic nitrogens is 4. The van der Waals surface area contributed by atoms with Gasteiger partial charge in [-0.15, -0.1) is 0 Å². The highest BCUT2D eigenvalue weighted by atomic mass is 16.3. The van der Waals surface area contributed by atoms with E-state index in [1.54, 1.807) is 55.3 Å². The van der Waals surface area contributed by atoms with Crippen molar-refractivity contribution < 1.29 is 10.2 Å². The van der Waals surface area contributed by atoms with Gasteiger partial charge >= 0.3 is 0 Å². The molecule has 0 aliphatic carbocycles. The van der Waals surface area contributed by atoms with Gasteiger partial charge in [0.05, 0.1) is 35.3 Å². The van der Waals surface area contributed by atoms with E-state index in [9.17, 15) is 19.8 Å². The lowest BCUT2D eigenvalue weighted by Crippen LogP contribution is -2.60. The third-order valence-corrected chi connectivity index (χ3v) is 8.05. The van der Waals surface area contributed by atoms with Crippen LogP contribution in [0, 0.1) is 0 Å². The van der Waals surface area contributed by atoms with Crippen molar-refractivity contribution in [2.24, 2.45) is 7.05 Å². The molecular formula is C33H30N6O4. The van der Waals surface area contributed by atoms with Crippen LogP contribution in [0.1, 0.15) is 12.5 Å². The van der Waals surface area contributed by atoms with Crippen LogP contribution in [0.4, 0.5) is 17.2 Å². The lowest BCUT2D eigenvalue weighted by molar-refractivity contribution is 0.0310. The van der Waals surface area contributed by atoms with Gasteiger partial charge in [-0.3, -0.25) is 14.2 Å². The fraction of sp³-hybridized carbons (Fsp3) is 0.182. The maximum Gasteiger partial charge on any atom is 0.279 e. The zero-order valence-electron chi connectivity index (χ0n) is 23.7. The molecule has 1 fully saturated rings. The molecule has 0 unspecified atom stereocenters. The molecule has 0 bridgehead atoms. The molecule has 1 saturated heterocycles. The van der Waals surface area contributed by atoms with E-state index >= 15 is 0 Å². The lowest BCUT2D eigenvalue weighted by atomic mass is 9.96. The third kappa shape index (κ3) is 4.57. The number of anilines is 3. The fourth-order valence-corrected chi connectivity index (χ4v) is 5.94. The molecular weight excluding hydrogens is 544 g/mol. The van der Waals surface area contributed by atoms with Crippen LogP contribution in [0.3, 0.4) is 0 Å². The molecule has 1 aliphatic rings. The number of fused-ring (bicyclic) bond motifs is 3. The number of aryl methyl sites for hydroxylation is 1. The average Bonchev–Trinajstić information content (AvgIpc) is 3.38. The first-order valence-electron chi connectivity index (χ1n) is 14.0. The largest absolute Gasteiger partial charge is 0.392 e. The number of para-hydroxylation sites is 1. The van der Waals surface area contributed by atoms with Crippen molar-refractivity contribution in [3.8, 4) is 16.8 Å². The maximum atomic E-state index is 13.7. The summed E-state index contributed by atoms with van der Waals surface area (Å²) in [5, 5.41) is 24.7. The van der Waals surface area contributed by atoms with E-state index in [4.69, 9.17) is 0 Å². The highest BCUT2D eigenvalue weighted by molar-refractivity contribution is 5.87. The zero-order valence-corrected chi connectivity index (χ0v) is 23.7. The maximum absolute atomic E-state index is 13.7. The second kappa shape index (κ2) is 9.97. The molecule has 0 saturated carbocycles. The number of benzene rings is 2. The number of hydrogen-bond acceptors (Lipinski definition) is 7. The molecule has 7 rings (SSSR count). The van der Waals surface area contributed by atoms with Gasteiger partial charge in [0, 0.05) is 55.2 Å². The van der Waals surface area contributed by atoms with Crippen molar-refractivity contribution in [1.29, 1.82) is 0 Å². The van der Waals surface area contributed by atoms with E-state index in [0.29, 0.717) is 52.5 Å². The first-order chi connectivity index (χ1) is 20.7. The lowest BCUT2D eigenvalue weighted by Gasteiger charge is -2.45. The first kappa shape index (κ1) is 26.7. The molecule has 3 N–H and O–H groups in total. The molecule has 5 heterocycles. The van der Waals surface area contributed by atoms with Crippen LogP contribution in [0.25, 0.3) is 33.2 Å². The van der Waals surface area contributed by atoms with E-state index in [0.717, 1.165) is 16.6 Å². The second-order valence-corrected chi connectivity index (χ2v) is 11.3. The van der Waals surface area contributed by atoms with E-state index in [-0.39, 0.29) is 17.7 Å². The Labute approximate surface area is 246 Å². The first-order valence-corrected chi connectivity index (χ1v) is 14.0. The summed E-state index contributed by atoms with van der Waals surface area (Å²) < 4.78 is 4.90. The van der Waals surface area contributed by atoms with E-state index < -0.39 is 5.60 Å². The van der Waals surface area contributed by atoms with Crippen LogP contribution in [0.5, 0.6) is 0 Å². The summed E-state index contributed by atoms with van der Waals surface area (Å²) in [6.45, 7) is 2.57. The quantitative estimate of drug-likeness (QED) is 0.277. The van der Waals surface area contributed by atoms with Crippen LogP contribution in [-0.4, -0.2) is 47.4 Å². The minimum Gasteiger partial charge on any atom is -0.392 e. The number of aliphatic hydroxyl groups is 2. The van der Waals surface area contributed by atoms with Crippen LogP contribution >= 0.6 is 0 Å². The third-order valence-electron chi connectivity index (χ3n) is 8.05. The Hall–Kier alpha value is -5.19. The highest BCUT2D eigenvalue weighted by Gasteiger charge is 2.36. The van der Waals surface area contributed by atoms with Crippen LogP contribution in [-0.2, 0) is 13.7 Å². The molecule has 43 heavy (non-hydrogen) atoms. The van der Waals surface area contributed by atoms with Crippen molar-refractivity contribution in [3.05, 3.63) is 118 Å². The van der Waals surface area contributed by atoms with Gasteiger partial charge < -0.3 is 29.4 Å². The van der Waals surface area contributed by atoms with Gasteiger partial charge in [-0.2, -0.15) is 0 Å². The molecule has 10 nitrogen and oxygen atoms in total. The van der Waals surface area contributed by atoms with Gasteiger partial charge in [-0.05, 0) is 48.9 Å². The summed E-state index contributed by atoms with van der Waals surface area (Å²) in [5.74, 6) is 0.501. The van der Waals surface area contributed by atoms with Gasteiger partial charge in [0.15, 0.2) is 0 Å². The van der Waals surface area contributed by atoms with E-state index in [1.807, 2.05) is 64.0 Å². The van der Waals surface area contributed by atoms with Crippen LogP contribution in [0.2, 0.25) is 0 Å². The smallest absolute Gasteiger partial charge is 0.279 e. The summed E-state index contributed by atoms with van der Waals surface area (Å²) in [6, 6.07) is 20.6. The number of pyridine rings is 2. The Kier molecular flexibility index (Phi) is 6.19. The molecule has 0 radical (unpaired) electrons. The highest BCUT2D eigenvalue weighted by Crippen LogP contribution is 2.31. The van der Waals surface area contributed by atoms with Crippen molar-refractivity contribution in [3.63, 3.8) is 0 Å². The minimum atomic E-state index is -0.689. The van der Waals surface area contributed by atoms with Crippen LogP contribution < -0.4 is 21.3 Å². The average molecular weight is 575 g/mol. The van der Waals surface area contributed by atoms with Gasteiger partial charge in [0.2, 0.25) is 0 Å². The molecule has 0 atom stereocenters. The Morgan fingerprint density at radius 3 is 2.51 bits per heavy atom. The van der Waals surface area contributed by atoms with Crippen molar-refractivity contribution in [2.45, 2.75) is 19.1 Å². The number of nitrogens with one attached hydrogen (secondary N) is 1. The Bertz CT molecular complexity index is 2130. The summed E-state index contributed by atoms with van der Waals surface area (Å²) in [4.78, 5) is 33.3. The number of aliphatic hydroxyl groups excluding tert-OH is 1. The SMILES string of the molecule is Cn1cc(-c2cccc(-n3ccn4c(cc5ccccc54)c3=O)c2CO)cc(Nc2ccc(N3CC(C)(O)C3)cn2)c1=O. The molecule has 1 aliphatic heterocycles. The van der Waals surface area contributed by atoms with Crippen molar-refractivity contribution in [2.75, 3.05) is 23.3 Å². The molecule has 2 aromatic carbocycles. The van der Waals surface area contributed by atoms with Crippen molar-refractivity contribution >= 4 is 33.6 Å². The Balaban J connectivity index is 1.26. The summed E-state index contributed by atoms with van der Waals surface area (Å²) in [6.07, 6.45) is 6.99. The topological polar surface area (TPSA) is 117 Å². The number of hydrogen-bond donors (Lipinski definition) is 3. The summed E-state index contributed by atoms with van der Waals surface area (Å²) in [5.41, 5.74) is 4.06. The molecule has 0 amide bonds. The van der Waals surface area contributed by atoms with Crippen LogP contribution in [0.15, 0.2) is 101 Å². The number of rotatable bonds is 6. The normalized spacial score (nSPS) is 14.3. The Morgan fingerprint density at radius 1 is 0.953 bits per heavy atom. The van der Waals surface area contributed by atoms with Gasteiger partial charge in [-0.25, -0.2) is 4.98 Å². The minimum absolute atomic E-state index is 0.204. The Morgan fingerprint density at radius 2 is 1.77 bits per heavy atom. The number of β-amino-alcohol motifs (C(OH)–C–C–N with tert-alkyl or cyclic N) is 1. The molecule has 0 spiro atoms. The second-order valence-electron chi connectivity index (χ2n) is 11.3. The van der Waals surface area contributed by atoms with Gasteiger partial charge in [0.1, 0.15) is 17.0 Å². The van der Waals surface area contributed by atoms with E-state index in [1.165, 1.54) is 4.57 Å². The summed E-state index contributed by atoms with van der Waals surface area (Å²) in [7, 11) is 1.67. The van der Waals surface area contributed by atoms with Crippen molar-refractivity contribution in [1.82, 2.24) is 18.5 Å². The summed E-state index contributed by atoms with van der Waals surface area (Å²) >= 11 is 0. The monoisotopic (exact) mass is 574 g/mol. The van der Waals surface area contributed by atoms with Gasteiger partial charge in [-0.1, -0.05) is 30.3 Å². The molecule has 6 aromatic rings. The molecule has 216 valence electrons. The number of nitrogens with zero attached hydrogens (tertiary/aromatic N) is 5. The zero-order chi connectivity index (χ0) is 29.9. The van der Waals surface area contributed by atoms with E-state index in [2.05, 4.69) is 10.3 Å². The molecule has 4 aromatic heterocycles. The van der Waals surface area contributed by atoms with Gasteiger partial charge in [0.25, 0.3) is 11.1 Å². The predicted molar refractivity (Wildman–Crippen MR) is 167 cm³/mol. The predicted octanol–water partition coefficient (Wildman–Crippen LogP) is 3.81. The standard InChI is InChI=1S/C33H30N6O4/c1-33(43)19-37(20-33)23-10-11-30(34-16-23)35-26-14-22(17-36(2)31(26)41)24-7-5-9-28(25(24)18-40)39-13-12-38-27-8-4-3-6-21(27)15-29(38)32(39)42/h3-17,40,43H,18-20H2,1-2H3,(H,34,35). The molecule has 10 heteroatoms. The fourth-order valence-electron chi connectivity index (χ4n) is 5.94.